The fourth-order valence-electron chi connectivity index (χ4n) is 8.54. The molecule has 0 saturated heterocycles. The fraction of sp³-hybridized carbons (Fsp3) is 0.0600. The van der Waals surface area contributed by atoms with E-state index in [4.69, 9.17) is 4.98 Å². The maximum Gasteiger partial charge on any atom is 0.171 e. The molecule has 0 bridgehead atoms. The molecule has 1 aliphatic carbocycles. The molecule has 0 saturated carbocycles. The molecule has 1 aliphatic rings. The van der Waals surface area contributed by atoms with Crippen LogP contribution in [0.3, 0.4) is 0 Å². The standard InChI is InChI=1S/C50H36NOP/c1-50(2)46-31-34(33-15-13-20-40(29-33)53(52,38-16-5-3-6-17-38)39-18-7-4-8-19-39)24-26-42(46)43-27-25-35(32-47(43)50)45-30-37-28-36-14-9-12-23-48(36)51-49(37)44-22-11-10-21-41(44)45/h3-32H,1-2H3. The Balaban J connectivity index is 1.07. The van der Waals surface area contributed by atoms with Gasteiger partial charge in [-0.15, -0.1) is 0 Å². The lowest BCUT2D eigenvalue weighted by molar-refractivity contribution is 0.592. The van der Waals surface area contributed by atoms with E-state index in [1.165, 1.54) is 44.2 Å². The van der Waals surface area contributed by atoms with Crippen LogP contribution in [-0.2, 0) is 9.98 Å². The van der Waals surface area contributed by atoms with Crippen LogP contribution < -0.4 is 15.9 Å². The summed E-state index contributed by atoms with van der Waals surface area (Å²) in [6.07, 6.45) is 0. The van der Waals surface area contributed by atoms with Crippen LogP contribution in [0.2, 0.25) is 0 Å². The van der Waals surface area contributed by atoms with Gasteiger partial charge in [0.15, 0.2) is 7.14 Å². The Labute approximate surface area is 309 Å². The number of hydrogen-bond acceptors (Lipinski definition) is 2. The highest BCUT2D eigenvalue weighted by Crippen LogP contribution is 2.51. The highest BCUT2D eigenvalue weighted by Gasteiger charge is 2.36. The molecule has 0 unspecified atom stereocenters. The number of para-hydroxylation sites is 1. The molecular weight excluding hydrogens is 662 g/mol. The smallest absolute Gasteiger partial charge is 0.171 e. The molecule has 8 aromatic carbocycles. The molecule has 0 amide bonds. The maximum atomic E-state index is 15.2. The molecule has 10 rings (SSSR count). The number of pyridine rings is 1. The average Bonchev–Trinajstić information content (AvgIpc) is 3.45. The summed E-state index contributed by atoms with van der Waals surface area (Å²) in [6, 6.07) is 63.6. The van der Waals surface area contributed by atoms with Crippen molar-refractivity contribution in [3.05, 3.63) is 193 Å². The summed E-state index contributed by atoms with van der Waals surface area (Å²) >= 11 is 0. The van der Waals surface area contributed by atoms with Gasteiger partial charge < -0.3 is 4.57 Å². The van der Waals surface area contributed by atoms with Gasteiger partial charge >= 0.3 is 0 Å². The second kappa shape index (κ2) is 12.0. The van der Waals surface area contributed by atoms with E-state index < -0.39 is 7.14 Å². The molecule has 3 heteroatoms. The number of fused-ring (bicyclic) bond motifs is 7. The first-order valence-electron chi connectivity index (χ1n) is 18.2. The first-order valence-corrected chi connectivity index (χ1v) is 19.9. The summed E-state index contributed by atoms with van der Waals surface area (Å²) in [5.41, 5.74) is 11.6. The van der Waals surface area contributed by atoms with Crippen molar-refractivity contribution in [1.29, 1.82) is 0 Å². The Morgan fingerprint density at radius 3 is 1.72 bits per heavy atom. The van der Waals surface area contributed by atoms with Crippen molar-refractivity contribution in [2.75, 3.05) is 0 Å². The van der Waals surface area contributed by atoms with E-state index >= 15 is 4.57 Å². The lowest BCUT2D eigenvalue weighted by Gasteiger charge is -2.23. The Morgan fingerprint density at radius 2 is 1.00 bits per heavy atom. The summed E-state index contributed by atoms with van der Waals surface area (Å²) in [5.74, 6) is 0. The zero-order valence-electron chi connectivity index (χ0n) is 29.6. The molecule has 53 heavy (non-hydrogen) atoms. The van der Waals surface area contributed by atoms with Gasteiger partial charge in [-0.25, -0.2) is 4.98 Å². The van der Waals surface area contributed by atoms with Crippen LogP contribution >= 0.6 is 7.14 Å². The number of aromatic nitrogens is 1. The Kier molecular flexibility index (Phi) is 7.16. The van der Waals surface area contributed by atoms with E-state index in [0.29, 0.717) is 0 Å². The summed E-state index contributed by atoms with van der Waals surface area (Å²) in [7, 11) is -3.10. The number of rotatable bonds is 5. The highest BCUT2D eigenvalue weighted by atomic mass is 31.2. The van der Waals surface area contributed by atoms with Crippen LogP contribution in [0.5, 0.6) is 0 Å². The van der Waals surface area contributed by atoms with Gasteiger partial charge in [-0.2, -0.15) is 0 Å². The molecule has 1 aromatic heterocycles. The number of hydrogen-bond donors (Lipinski definition) is 0. The normalized spacial score (nSPS) is 13.3. The molecule has 0 radical (unpaired) electrons. The highest BCUT2D eigenvalue weighted by molar-refractivity contribution is 7.85. The molecule has 1 heterocycles. The zero-order valence-corrected chi connectivity index (χ0v) is 30.5. The summed E-state index contributed by atoms with van der Waals surface area (Å²) in [4.78, 5) is 5.12. The maximum absolute atomic E-state index is 15.2. The predicted octanol–water partition coefficient (Wildman–Crippen LogP) is 11.8. The van der Waals surface area contributed by atoms with E-state index in [0.717, 1.165) is 48.8 Å². The number of nitrogens with zero attached hydrogens (tertiary/aromatic N) is 1. The van der Waals surface area contributed by atoms with Crippen molar-refractivity contribution >= 4 is 55.6 Å². The van der Waals surface area contributed by atoms with Crippen LogP contribution in [0.15, 0.2) is 182 Å². The molecule has 2 nitrogen and oxygen atoms in total. The monoisotopic (exact) mass is 697 g/mol. The second-order valence-electron chi connectivity index (χ2n) is 14.7. The quantitative estimate of drug-likeness (QED) is 0.102. The summed E-state index contributed by atoms with van der Waals surface area (Å²) in [5, 5.41) is 7.20. The minimum atomic E-state index is -3.10. The molecule has 9 aromatic rings. The van der Waals surface area contributed by atoms with E-state index in [1.807, 2.05) is 66.7 Å². The van der Waals surface area contributed by atoms with Gasteiger partial charge in [0.25, 0.3) is 0 Å². The van der Waals surface area contributed by atoms with Crippen LogP contribution in [0.4, 0.5) is 0 Å². The Morgan fingerprint density at radius 1 is 0.434 bits per heavy atom. The summed E-state index contributed by atoms with van der Waals surface area (Å²) in [6.45, 7) is 4.68. The van der Waals surface area contributed by atoms with Crippen LogP contribution in [0, 0.1) is 0 Å². The molecule has 252 valence electrons. The van der Waals surface area contributed by atoms with Gasteiger partial charge in [0, 0.05) is 37.5 Å². The third-order valence-electron chi connectivity index (χ3n) is 11.3. The van der Waals surface area contributed by atoms with E-state index in [9.17, 15) is 0 Å². The molecular formula is C50H36NOP. The van der Waals surface area contributed by atoms with E-state index in [-0.39, 0.29) is 5.41 Å². The lowest BCUT2D eigenvalue weighted by atomic mass is 9.80. The van der Waals surface area contributed by atoms with Crippen molar-refractivity contribution in [3.8, 4) is 33.4 Å². The molecule has 0 aliphatic heterocycles. The van der Waals surface area contributed by atoms with Crippen molar-refractivity contribution in [2.45, 2.75) is 19.3 Å². The molecule has 0 atom stereocenters. The zero-order chi connectivity index (χ0) is 35.7. The van der Waals surface area contributed by atoms with E-state index in [2.05, 4.69) is 129 Å². The van der Waals surface area contributed by atoms with Crippen molar-refractivity contribution < 1.29 is 4.57 Å². The van der Waals surface area contributed by atoms with Crippen molar-refractivity contribution in [1.82, 2.24) is 4.98 Å². The van der Waals surface area contributed by atoms with Gasteiger partial charge in [-0.05, 0) is 86.3 Å². The van der Waals surface area contributed by atoms with Crippen molar-refractivity contribution in [2.24, 2.45) is 0 Å². The number of benzene rings is 8. The SMILES string of the molecule is CC1(C)c2cc(-c3cccc(P(=O)(c4ccccc4)c4ccccc4)c3)ccc2-c2ccc(-c3cc4cc5ccccc5nc4c4ccccc34)cc21. The van der Waals surface area contributed by atoms with Crippen molar-refractivity contribution in [3.63, 3.8) is 0 Å². The largest absolute Gasteiger partial charge is 0.309 e. The third-order valence-corrected chi connectivity index (χ3v) is 14.4. The molecule has 0 spiro atoms. The summed E-state index contributed by atoms with van der Waals surface area (Å²) < 4.78 is 15.2. The van der Waals surface area contributed by atoms with Gasteiger partial charge in [0.05, 0.1) is 11.0 Å². The first kappa shape index (κ1) is 31.6. The van der Waals surface area contributed by atoms with Gasteiger partial charge in [-0.3, -0.25) is 0 Å². The van der Waals surface area contributed by atoms with E-state index in [1.54, 1.807) is 0 Å². The second-order valence-corrected chi connectivity index (χ2v) is 17.5. The molecule has 0 fully saturated rings. The average molecular weight is 698 g/mol. The first-order chi connectivity index (χ1) is 25.9. The molecule has 0 N–H and O–H groups in total. The third kappa shape index (κ3) is 4.94. The fourth-order valence-corrected chi connectivity index (χ4v) is 11.2. The van der Waals surface area contributed by atoms with Crippen LogP contribution in [0.25, 0.3) is 66.0 Å². The van der Waals surface area contributed by atoms with Crippen LogP contribution in [-0.4, -0.2) is 4.98 Å². The minimum Gasteiger partial charge on any atom is -0.309 e. The minimum absolute atomic E-state index is 0.220. The Hall–Kier alpha value is -6.08. The van der Waals surface area contributed by atoms with Gasteiger partial charge in [-0.1, -0.05) is 159 Å². The topological polar surface area (TPSA) is 30.0 Å². The predicted molar refractivity (Wildman–Crippen MR) is 225 cm³/mol. The van der Waals surface area contributed by atoms with Crippen LogP contribution in [0.1, 0.15) is 25.0 Å². The lowest BCUT2D eigenvalue weighted by Crippen LogP contribution is -2.25. The Bertz CT molecular complexity index is 2900. The van der Waals surface area contributed by atoms with Gasteiger partial charge in [0.2, 0.25) is 0 Å². The van der Waals surface area contributed by atoms with Gasteiger partial charge in [0.1, 0.15) is 0 Å².